The van der Waals surface area contributed by atoms with Gasteiger partial charge in [-0.25, -0.2) is 4.98 Å². The maximum absolute atomic E-state index is 12.1. The summed E-state index contributed by atoms with van der Waals surface area (Å²) in [5.74, 6) is 1.51. The SMILES string of the molecule is COc1ccc(CN2CCC(NC(=O)CC3CCCC3)C2)cn1. The van der Waals surface area contributed by atoms with E-state index in [1.165, 1.54) is 31.2 Å². The molecule has 3 rings (SSSR count). The van der Waals surface area contributed by atoms with Gasteiger partial charge >= 0.3 is 0 Å². The van der Waals surface area contributed by atoms with E-state index in [1.807, 2.05) is 12.3 Å². The Balaban J connectivity index is 1.41. The van der Waals surface area contributed by atoms with Crippen LogP contribution in [0.25, 0.3) is 0 Å². The number of nitrogens with one attached hydrogen (secondary N) is 1. The molecule has 1 aromatic heterocycles. The van der Waals surface area contributed by atoms with Crippen LogP contribution in [0.4, 0.5) is 0 Å². The van der Waals surface area contributed by atoms with Crippen molar-refractivity contribution in [3.05, 3.63) is 23.9 Å². The highest BCUT2D eigenvalue weighted by Gasteiger charge is 2.25. The molecule has 2 fully saturated rings. The van der Waals surface area contributed by atoms with E-state index in [9.17, 15) is 4.79 Å². The molecular weight excluding hydrogens is 290 g/mol. The van der Waals surface area contributed by atoms with E-state index in [2.05, 4.69) is 21.3 Å². The van der Waals surface area contributed by atoms with E-state index in [4.69, 9.17) is 4.74 Å². The summed E-state index contributed by atoms with van der Waals surface area (Å²) < 4.78 is 5.08. The lowest BCUT2D eigenvalue weighted by Gasteiger charge is -2.17. The molecule has 1 amide bonds. The van der Waals surface area contributed by atoms with E-state index < -0.39 is 0 Å². The zero-order chi connectivity index (χ0) is 16.1. The topological polar surface area (TPSA) is 54.5 Å². The van der Waals surface area contributed by atoms with Crippen LogP contribution in [0.3, 0.4) is 0 Å². The van der Waals surface area contributed by atoms with Crippen molar-refractivity contribution >= 4 is 5.91 Å². The van der Waals surface area contributed by atoms with Crippen LogP contribution in [0.15, 0.2) is 18.3 Å². The highest BCUT2D eigenvalue weighted by Crippen LogP contribution is 2.27. The van der Waals surface area contributed by atoms with Crippen molar-refractivity contribution in [2.75, 3.05) is 20.2 Å². The first-order valence-corrected chi connectivity index (χ1v) is 8.73. The Morgan fingerprint density at radius 2 is 2.17 bits per heavy atom. The first-order chi connectivity index (χ1) is 11.2. The Morgan fingerprint density at radius 1 is 1.35 bits per heavy atom. The first kappa shape index (κ1) is 16.2. The van der Waals surface area contributed by atoms with Gasteiger partial charge in [-0.3, -0.25) is 9.69 Å². The Hall–Kier alpha value is -1.62. The van der Waals surface area contributed by atoms with Crippen LogP contribution in [0.5, 0.6) is 5.88 Å². The quantitative estimate of drug-likeness (QED) is 0.875. The van der Waals surface area contributed by atoms with Gasteiger partial charge in [-0.1, -0.05) is 18.9 Å². The molecule has 1 saturated heterocycles. The second-order valence-electron chi connectivity index (χ2n) is 6.85. The molecule has 126 valence electrons. The highest BCUT2D eigenvalue weighted by atomic mass is 16.5. The number of nitrogens with zero attached hydrogens (tertiary/aromatic N) is 2. The number of hydrogen-bond acceptors (Lipinski definition) is 4. The van der Waals surface area contributed by atoms with Crippen LogP contribution in [-0.4, -0.2) is 42.0 Å². The van der Waals surface area contributed by atoms with Crippen molar-refractivity contribution < 1.29 is 9.53 Å². The second-order valence-corrected chi connectivity index (χ2v) is 6.85. The van der Waals surface area contributed by atoms with Crippen LogP contribution in [0.2, 0.25) is 0 Å². The standard InChI is InChI=1S/C18H27N3O2/c1-23-18-7-6-15(11-19-18)12-21-9-8-16(13-21)20-17(22)10-14-4-2-3-5-14/h6-7,11,14,16H,2-5,8-10,12-13H2,1H3,(H,20,22). The first-order valence-electron chi connectivity index (χ1n) is 8.73. The molecule has 2 heterocycles. The van der Waals surface area contributed by atoms with Gasteiger partial charge in [-0.05, 0) is 30.7 Å². The zero-order valence-corrected chi connectivity index (χ0v) is 14.0. The second kappa shape index (κ2) is 7.77. The van der Waals surface area contributed by atoms with Crippen molar-refractivity contribution in [2.24, 2.45) is 5.92 Å². The fourth-order valence-corrected chi connectivity index (χ4v) is 3.74. The van der Waals surface area contributed by atoms with E-state index in [1.54, 1.807) is 7.11 Å². The van der Waals surface area contributed by atoms with E-state index in [0.717, 1.165) is 32.5 Å². The average molecular weight is 317 g/mol. The Labute approximate surface area is 138 Å². The van der Waals surface area contributed by atoms with Crippen LogP contribution >= 0.6 is 0 Å². The Bertz CT molecular complexity index is 512. The van der Waals surface area contributed by atoms with Crippen molar-refractivity contribution in [2.45, 2.75) is 51.1 Å². The minimum atomic E-state index is 0.245. The molecule has 1 saturated carbocycles. The maximum atomic E-state index is 12.1. The molecule has 0 spiro atoms. The number of methoxy groups -OCH3 is 1. The molecule has 1 aliphatic carbocycles. The molecule has 1 unspecified atom stereocenters. The highest BCUT2D eigenvalue weighted by molar-refractivity contribution is 5.76. The Morgan fingerprint density at radius 3 is 2.87 bits per heavy atom. The predicted octanol–water partition coefficient (Wildman–Crippen LogP) is 2.36. The number of ether oxygens (including phenoxy) is 1. The average Bonchev–Trinajstić information content (AvgIpc) is 3.20. The molecule has 0 aromatic carbocycles. The molecule has 5 heteroatoms. The normalized spacial score (nSPS) is 22.4. The van der Waals surface area contributed by atoms with Crippen LogP contribution < -0.4 is 10.1 Å². The van der Waals surface area contributed by atoms with E-state index in [-0.39, 0.29) is 5.91 Å². The van der Waals surface area contributed by atoms with Crippen molar-refractivity contribution in [1.82, 2.24) is 15.2 Å². The third-order valence-electron chi connectivity index (χ3n) is 5.00. The van der Waals surface area contributed by atoms with Crippen LogP contribution in [0, 0.1) is 5.92 Å². The Kier molecular flexibility index (Phi) is 5.49. The molecule has 1 atom stereocenters. The summed E-state index contributed by atoms with van der Waals surface area (Å²) in [5.41, 5.74) is 1.18. The maximum Gasteiger partial charge on any atom is 0.220 e. The summed E-state index contributed by atoms with van der Waals surface area (Å²) >= 11 is 0. The summed E-state index contributed by atoms with van der Waals surface area (Å²) in [6, 6.07) is 4.25. The summed E-state index contributed by atoms with van der Waals surface area (Å²) in [6.07, 6.45) is 8.68. The fourth-order valence-electron chi connectivity index (χ4n) is 3.74. The number of hydrogen-bond donors (Lipinski definition) is 1. The minimum absolute atomic E-state index is 0.245. The molecule has 0 radical (unpaired) electrons. The molecular formula is C18H27N3O2. The molecule has 1 aliphatic heterocycles. The van der Waals surface area contributed by atoms with Crippen LogP contribution in [-0.2, 0) is 11.3 Å². The van der Waals surface area contributed by atoms with Gasteiger partial charge in [-0.2, -0.15) is 0 Å². The van der Waals surface area contributed by atoms with Gasteiger partial charge in [0.15, 0.2) is 0 Å². The summed E-state index contributed by atoms with van der Waals surface area (Å²) in [7, 11) is 1.63. The number of aromatic nitrogens is 1. The zero-order valence-electron chi connectivity index (χ0n) is 14.0. The van der Waals surface area contributed by atoms with Gasteiger partial charge in [0, 0.05) is 44.4 Å². The number of rotatable bonds is 6. The number of carbonyl (C=O) groups is 1. The van der Waals surface area contributed by atoms with Gasteiger partial charge in [-0.15, -0.1) is 0 Å². The third-order valence-corrected chi connectivity index (χ3v) is 5.00. The molecule has 2 aliphatic rings. The lowest BCUT2D eigenvalue weighted by molar-refractivity contribution is -0.122. The largest absolute Gasteiger partial charge is 0.481 e. The van der Waals surface area contributed by atoms with E-state index in [0.29, 0.717) is 17.8 Å². The van der Waals surface area contributed by atoms with E-state index >= 15 is 0 Å². The minimum Gasteiger partial charge on any atom is -0.481 e. The number of carbonyl (C=O) groups excluding carboxylic acids is 1. The van der Waals surface area contributed by atoms with Gasteiger partial charge in [0.25, 0.3) is 0 Å². The molecule has 23 heavy (non-hydrogen) atoms. The third kappa shape index (κ3) is 4.67. The molecule has 0 bridgehead atoms. The molecule has 1 aromatic rings. The smallest absolute Gasteiger partial charge is 0.220 e. The molecule has 5 nitrogen and oxygen atoms in total. The van der Waals surface area contributed by atoms with Gasteiger partial charge in [0.05, 0.1) is 7.11 Å². The number of pyridine rings is 1. The van der Waals surface area contributed by atoms with Crippen molar-refractivity contribution in [3.8, 4) is 5.88 Å². The molecule has 1 N–H and O–H groups in total. The monoisotopic (exact) mass is 317 g/mol. The number of amides is 1. The van der Waals surface area contributed by atoms with Crippen molar-refractivity contribution in [1.29, 1.82) is 0 Å². The summed E-state index contributed by atoms with van der Waals surface area (Å²) in [6.45, 7) is 2.84. The van der Waals surface area contributed by atoms with Crippen molar-refractivity contribution in [3.63, 3.8) is 0 Å². The predicted molar refractivity (Wildman–Crippen MR) is 89.2 cm³/mol. The lowest BCUT2D eigenvalue weighted by atomic mass is 10.0. The fraction of sp³-hybridized carbons (Fsp3) is 0.667. The van der Waals surface area contributed by atoms with Crippen LogP contribution in [0.1, 0.15) is 44.1 Å². The van der Waals surface area contributed by atoms with Gasteiger partial charge in [0.2, 0.25) is 11.8 Å². The summed E-state index contributed by atoms with van der Waals surface area (Å²) in [4.78, 5) is 18.8. The van der Waals surface area contributed by atoms with Gasteiger partial charge < -0.3 is 10.1 Å². The van der Waals surface area contributed by atoms with Gasteiger partial charge in [0.1, 0.15) is 0 Å². The number of likely N-dealkylation sites (tertiary alicyclic amines) is 1. The summed E-state index contributed by atoms with van der Waals surface area (Å²) in [5, 5.41) is 3.22. The lowest BCUT2D eigenvalue weighted by Crippen LogP contribution is -2.37.